The van der Waals surface area contributed by atoms with Crippen LogP contribution >= 0.6 is 0 Å². The van der Waals surface area contributed by atoms with E-state index < -0.39 is 26.5 Å². The van der Waals surface area contributed by atoms with Crippen LogP contribution in [0, 0.1) is 13.8 Å². The number of benzene rings is 3. The van der Waals surface area contributed by atoms with E-state index in [9.17, 15) is 16.8 Å². The van der Waals surface area contributed by atoms with Crippen molar-refractivity contribution in [2.24, 2.45) is 0 Å². The monoisotopic (exact) mass is 501 g/mol. The first-order valence-corrected chi connectivity index (χ1v) is 13.8. The lowest BCUT2D eigenvalue weighted by Gasteiger charge is -2.17. The first kappa shape index (κ1) is 24.4. The van der Waals surface area contributed by atoms with E-state index >= 15 is 0 Å². The van der Waals surface area contributed by atoms with Crippen LogP contribution < -0.4 is 9.50 Å². The van der Waals surface area contributed by atoms with E-state index in [1.807, 2.05) is 19.9 Å². The molecule has 1 heterocycles. The molecule has 4 rings (SSSR count). The minimum absolute atomic E-state index is 0.0849. The highest BCUT2D eigenvalue weighted by Gasteiger charge is 2.30. The smallest absolute Gasteiger partial charge is 0.339 e. The third kappa shape index (κ3) is 5.85. The van der Waals surface area contributed by atoms with Gasteiger partial charge in [-0.15, -0.1) is 0 Å². The van der Waals surface area contributed by atoms with Crippen molar-refractivity contribution in [3.63, 3.8) is 0 Å². The van der Waals surface area contributed by atoms with Gasteiger partial charge >= 0.3 is 10.1 Å². The molecular weight excluding hydrogens is 474 g/mol. The predicted octanol–water partition coefficient (Wildman–Crippen LogP) is 4.10. The van der Waals surface area contributed by atoms with Crippen LogP contribution in [0.15, 0.2) is 82.6 Å². The number of hydrogen-bond donors (Lipinski definition) is 1. The molecule has 0 amide bonds. The molecule has 1 aliphatic rings. The van der Waals surface area contributed by atoms with Gasteiger partial charge in [0.05, 0.1) is 4.90 Å². The van der Waals surface area contributed by atoms with E-state index in [-0.39, 0.29) is 21.6 Å². The van der Waals surface area contributed by atoms with E-state index in [4.69, 9.17) is 8.37 Å². The Balaban J connectivity index is 1.42. The highest BCUT2D eigenvalue weighted by molar-refractivity contribution is 7.87. The van der Waals surface area contributed by atoms with Crippen molar-refractivity contribution in [1.29, 1.82) is 0 Å². The fourth-order valence-electron chi connectivity index (χ4n) is 3.82. The van der Waals surface area contributed by atoms with E-state index in [0.717, 1.165) is 11.1 Å². The molecule has 9 heteroatoms. The van der Waals surface area contributed by atoms with Crippen molar-refractivity contribution in [1.82, 2.24) is 5.32 Å². The van der Waals surface area contributed by atoms with Gasteiger partial charge < -0.3 is 4.18 Å². The summed E-state index contributed by atoms with van der Waals surface area (Å²) in [5.74, 6) is 0.251. The van der Waals surface area contributed by atoms with E-state index in [1.54, 1.807) is 42.5 Å². The topological polar surface area (TPSA) is 98.8 Å². The van der Waals surface area contributed by atoms with Gasteiger partial charge in [-0.3, -0.25) is 5.32 Å². The summed E-state index contributed by atoms with van der Waals surface area (Å²) in [4.78, 5) is 0.199. The summed E-state index contributed by atoms with van der Waals surface area (Å²) in [5.41, 5.74) is 2.62. The van der Waals surface area contributed by atoms with Crippen molar-refractivity contribution in [3.8, 4) is 5.75 Å². The highest BCUT2D eigenvalue weighted by atomic mass is 32.2. The van der Waals surface area contributed by atoms with Crippen LogP contribution in [0.2, 0.25) is 0 Å². The van der Waals surface area contributed by atoms with Crippen LogP contribution in [-0.2, 0) is 30.8 Å². The SMILES string of the molecule is Cc1ccc(S(=O)(=O)Oc2ccccc2C[C@@H]2CC[C@H](OS(=O)(=O)c3ccc(C)cc3)N2)cc1. The quantitative estimate of drug-likeness (QED) is 0.464. The summed E-state index contributed by atoms with van der Waals surface area (Å²) in [6.45, 7) is 3.76. The Morgan fingerprint density at radius 2 is 1.32 bits per heavy atom. The third-order valence-electron chi connectivity index (χ3n) is 5.70. The molecule has 1 saturated heterocycles. The van der Waals surface area contributed by atoms with Crippen LogP contribution in [0.4, 0.5) is 0 Å². The highest BCUT2D eigenvalue weighted by Crippen LogP contribution is 2.28. The van der Waals surface area contributed by atoms with Crippen molar-refractivity contribution < 1.29 is 25.2 Å². The number of para-hydroxylation sites is 1. The van der Waals surface area contributed by atoms with Crippen molar-refractivity contribution in [2.45, 2.75) is 55.2 Å². The normalized spacial score (nSPS) is 18.6. The third-order valence-corrected chi connectivity index (χ3v) is 8.28. The molecule has 0 spiro atoms. The molecule has 1 fully saturated rings. The Morgan fingerprint density at radius 1 is 0.765 bits per heavy atom. The Morgan fingerprint density at radius 3 is 1.94 bits per heavy atom. The molecule has 0 aromatic heterocycles. The Labute approximate surface area is 201 Å². The lowest BCUT2D eigenvalue weighted by Crippen LogP contribution is -2.34. The number of aryl methyl sites for hydroxylation is 2. The summed E-state index contributed by atoms with van der Waals surface area (Å²) in [6.07, 6.45) is 0.998. The minimum Gasteiger partial charge on any atom is -0.379 e. The van der Waals surface area contributed by atoms with Crippen molar-refractivity contribution in [3.05, 3.63) is 89.5 Å². The van der Waals surface area contributed by atoms with E-state index in [2.05, 4.69) is 5.32 Å². The van der Waals surface area contributed by atoms with Crippen LogP contribution in [0.5, 0.6) is 5.75 Å². The summed E-state index contributed by atoms with van der Waals surface area (Å²) in [6, 6.07) is 19.8. The number of rotatable bonds is 8. The molecule has 34 heavy (non-hydrogen) atoms. The predicted molar refractivity (Wildman–Crippen MR) is 129 cm³/mol. The molecule has 180 valence electrons. The van der Waals surface area contributed by atoms with Gasteiger partial charge in [0.25, 0.3) is 10.1 Å². The molecule has 0 aliphatic carbocycles. The van der Waals surface area contributed by atoms with Gasteiger partial charge in [0.2, 0.25) is 0 Å². The molecule has 0 radical (unpaired) electrons. The molecule has 1 aliphatic heterocycles. The lowest BCUT2D eigenvalue weighted by molar-refractivity contribution is 0.189. The summed E-state index contributed by atoms with van der Waals surface area (Å²) < 4.78 is 61.5. The zero-order valence-corrected chi connectivity index (χ0v) is 20.6. The fraction of sp³-hybridized carbons (Fsp3) is 0.280. The van der Waals surface area contributed by atoms with Crippen molar-refractivity contribution >= 4 is 20.2 Å². The molecule has 1 N–H and O–H groups in total. The maximum Gasteiger partial charge on any atom is 0.339 e. The lowest BCUT2D eigenvalue weighted by atomic mass is 10.0. The van der Waals surface area contributed by atoms with Gasteiger partial charge in [0.15, 0.2) is 0 Å². The summed E-state index contributed by atoms with van der Waals surface area (Å²) in [5, 5.41) is 3.20. The number of nitrogens with one attached hydrogen (secondary N) is 1. The second kappa shape index (κ2) is 9.87. The van der Waals surface area contributed by atoms with Crippen LogP contribution in [0.1, 0.15) is 29.5 Å². The molecule has 0 saturated carbocycles. The zero-order valence-electron chi connectivity index (χ0n) is 19.0. The second-order valence-electron chi connectivity index (χ2n) is 8.46. The Kier molecular flexibility index (Phi) is 7.09. The maximum atomic E-state index is 12.7. The van der Waals surface area contributed by atoms with Crippen LogP contribution in [0.3, 0.4) is 0 Å². The van der Waals surface area contributed by atoms with Crippen LogP contribution in [0.25, 0.3) is 0 Å². The molecule has 0 bridgehead atoms. The summed E-state index contributed by atoms with van der Waals surface area (Å²) >= 11 is 0. The molecular formula is C25H27NO6S2. The Hall–Kier alpha value is -2.72. The second-order valence-corrected chi connectivity index (χ2v) is 11.6. The summed E-state index contributed by atoms with van der Waals surface area (Å²) in [7, 11) is -7.87. The van der Waals surface area contributed by atoms with Crippen LogP contribution in [-0.4, -0.2) is 29.1 Å². The van der Waals surface area contributed by atoms with Gasteiger partial charge in [0.1, 0.15) is 16.9 Å². The first-order valence-electron chi connectivity index (χ1n) is 11.0. The molecule has 3 aromatic rings. The van der Waals surface area contributed by atoms with Gasteiger partial charge in [0, 0.05) is 6.04 Å². The van der Waals surface area contributed by atoms with Gasteiger partial charge in [-0.1, -0.05) is 53.6 Å². The fourth-order valence-corrected chi connectivity index (χ4v) is 5.83. The van der Waals surface area contributed by atoms with E-state index in [0.29, 0.717) is 24.8 Å². The minimum atomic E-state index is -3.98. The maximum absolute atomic E-state index is 12.7. The Bertz CT molecular complexity index is 1350. The molecule has 3 aromatic carbocycles. The average Bonchev–Trinajstić information content (AvgIpc) is 3.21. The molecule has 2 atom stereocenters. The standard InChI is InChI=1S/C25H27NO6S2/c1-18-7-12-22(13-8-18)33(27,28)31-24-6-4-3-5-20(24)17-21-11-16-25(26-21)32-34(29,30)23-14-9-19(2)10-15-23/h3-10,12-15,21,25-26H,11,16-17H2,1-2H3/t21-,25-/m0/s1. The van der Waals surface area contributed by atoms with E-state index in [1.165, 1.54) is 24.3 Å². The molecule has 0 unspecified atom stereocenters. The molecule has 7 nitrogen and oxygen atoms in total. The van der Waals surface area contributed by atoms with Gasteiger partial charge in [-0.2, -0.15) is 16.8 Å². The zero-order chi connectivity index (χ0) is 24.3. The van der Waals surface area contributed by atoms with Gasteiger partial charge in [-0.05, 0) is 69.0 Å². The first-order chi connectivity index (χ1) is 16.1. The van der Waals surface area contributed by atoms with Gasteiger partial charge in [-0.25, -0.2) is 4.18 Å². The number of hydrogen-bond acceptors (Lipinski definition) is 7. The largest absolute Gasteiger partial charge is 0.379 e. The van der Waals surface area contributed by atoms with Crippen molar-refractivity contribution in [2.75, 3.05) is 0 Å². The average molecular weight is 502 g/mol.